The average Bonchev–Trinajstić information content (AvgIpc) is 3.08. The molecule has 0 spiro atoms. The number of sulfonamides is 2. The highest BCUT2D eigenvalue weighted by atomic mass is 35.5. The van der Waals surface area contributed by atoms with Crippen molar-refractivity contribution in [3.05, 3.63) is 28.9 Å². The Bertz CT molecular complexity index is 889. The predicted molar refractivity (Wildman–Crippen MR) is 94.7 cm³/mol. The van der Waals surface area contributed by atoms with E-state index in [-0.39, 0.29) is 35.3 Å². The predicted octanol–water partition coefficient (Wildman–Crippen LogP) is 1.22. The summed E-state index contributed by atoms with van der Waals surface area (Å²) in [5.74, 6) is 0. The molecular weight excluding hydrogens is 408 g/mol. The standard InChI is InChI=1S/C13H17ClN4O4S3/c1-16-10-11(9-15-16)24(19,20)17-5-2-6-18(8-7-17)25(21,22)13-4-3-12(14)23-13/h3-4,9-10H,2,5-8H2,1H3. The fourth-order valence-corrected chi connectivity index (χ4v) is 7.16. The average molecular weight is 425 g/mol. The van der Waals surface area contributed by atoms with Gasteiger partial charge in [0.05, 0.1) is 10.5 Å². The third-order valence-corrected chi connectivity index (χ3v) is 9.32. The highest BCUT2D eigenvalue weighted by Crippen LogP contribution is 2.29. The first-order chi connectivity index (χ1) is 11.7. The minimum absolute atomic E-state index is 0.0928. The van der Waals surface area contributed by atoms with E-state index in [1.807, 2.05) is 0 Å². The van der Waals surface area contributed by atoms with Crippen molar-refractivity contribution in [2.75, 3.05) is 26.2 Å². The molecule has 3 heterocycles. The lowest BCUT2D eigenvalue weighted by molar-refractivity contribution is 0.405. The van der Waals surface area contributed by atoms with Crippen LogP contribution in [0.5, 0.6) is 0 Å². The second-order valence-electron chi connectivity index (χ2n) is 5.57. The molecule has 0 N–H and O–H groups in total. The Morgan fingerprint density at radius 2 is 1.68 bits per heavy atom. The van der Waals surface area contributed by atoms with Gasteiger partial charge in [0.2, 0.25) is 10.0 Å². The molecule has 0 saturated carbocycles. The first-order valence-corrected chi connectivity index (χ1v) is 11.5. The Morgan fingerprint density at radius 3 is 2.20 bits per heavy atom. The highest BCUT2D eigenvalue weighted by molar-refractivity contribution is 7.91. The van der Waals surface area contributed by atoms with E-state index in [9.17, 15) is 16.8 Å². The zero-order valence-corrected chi connectivity index (χ0v) is 16.6. The van der Waals surface area contributed by atoms with Crippen LogP contribution in [0.2, 0.25) is 4.34 Å². The van der Waals surface area contributed by atoms with E-state index in [2.05, 4.69) is 5.10 Å². The Hall–Kier alpha value is -0.980. The summed E-state index contributed by atoms with van der Waals surface area (Å²) in [4.78, 5) is 0.108. The molecule has 1 fully saturated rings. The molecule has 8 nitrogen and oxygen atoms in total. The van der Waals surface area contributed by atoms with Crippen LogP contribution in [-0.2, 0) is 27.1 Å². The third kappa shape index (κ3) is 3.76. The number of hydrogen-bond acceptors (Lipinski definition) is 6. The maximum atomic E-state index is 12.7. The normalized spacial score (nSPS) is 18.3. The van der Waals surface area contributed by atoms with E-state index < -0.39 is 20.0 Å². The van der Waals surface area contributed by atoms with Gasteiger partial charge in [0.1, 0.15) is 9.10 Å². The summed E-state index contributed by atoms with van der Waals surface area (Å²) in [6.07, 6.45) is 3.14. The second kappa shape index (κ2) is 6.97. The van der Waals surface area contributed by atoms with Gasteiger partial charge < -0.3 is 0 Å². The summed E-state index contributed by atoms with van der Waals surface area (Å²) < 4.78 is 55.3. The van der Waals surface area contributed by atoms with Crippen molar-refractivity contribution in [3.8, 4) is 0 Å². The number of aryl methyl sites for hydroxylation is 1. The summed E-state index contributed by atoms with van der Waals surface area (Å²) in [5, 5.41) is 3.89. The summed E-state index contributed by atoms with van der Waals surface area (Å²) in [6.45, 7) is 0.707. The van der Waals surface area contributed by atoms with E-state index in [4.69, 9.17) is 11.6 Å². The largest absolute Gasteiger partial charge is 0.274 e. The van der Waals surface area contributed by atoms with Crippen molar-refractivity contribution in [2.24, 2.45) is 7.05 Å². The lowest BCUT2D eigenvalue weighted by atomic mass is 10.4. The van der Waals surface area contributed by atoms with Crippen LogP contribution in [-0.4, -0.2) is 61.4 Å². The smallest absolute Gasteiger partial charge is 0.252 e. The second-order valence-corrected chi connectivity index (χ2v) is 11.4. The highest BCUT2D eigenvalue weighted by Gasteiger charge is 2.32. The maximum Gasteiger partial charge on any atom is 0.252 e. The van der Waals surface area contributed by atoms with E-state index >= 15 is 0 Å². The minimum Gasteiger partial charge on any atom is -0.274 e. The number of aromatic nitrogens is 2. The first kappa shape index (κ1) is 18.8. The Balaban J connectivity index is 1.79. The molecule has 0 bridgehead atoms. The van der Waals surface area contributed by atoms with Gasteiger partial charge in [-0.05, 0) is 18.6 Å². The van der Waals surface area contributed by atoms with Crippen LogP contribution in [0.1, 0.15) is 6.42 Å². The Kier molecular flexibility index (Phi) is 5.24. The lowest BCUT2D eigenvalue weighted by Gasteiger charge is -2.20. The summed E-state index contributed by atoms with van der Waals surface area (Å²) in [7, 11) is -5.71. The van der Waals surface area contributed by atoms with Gasteiger partial charge in [0.15, 0.2) is 0 Å². The van der Waals surface area contributed by atoms with Crippen LogP contribution in [0.3, 0.4) is 0 Å². The van der Waals surface area contributed by atoms with Gasteiger partial charge in [-0.3, -0.25) is 4.68 Å². The van der Waals surface area contributed by atoms with Gasteiger partial charge in [-0.15, -0.1) is 11.3 Å². The first-order valence-electron chi connectivity index (χ1n) is 7.45. The Morgan fingerprint density at radius 1 is 1.04 bits per heavy atom. The molecule has 1 aliphatic heterocycles. The van der Waals surface area contributed by atoms with E-state index in [1.165, 1.54) is 37.8 Å². The minimum atomic E-state index is -3.68. The summed E-state index contributed by atoms with van der Waals surface area (Å²) >= 11 is 6.82. The molecule has 2 aromatic rings. The lowest BCUT2D eigenvalue weighted by Crippen LogP contribution is -2.37. The van der Waals surface area contributed by atoms with Gasteiger partial charge in [0.25, 0.3) is 10.0 Å². The molecule has 12 heteroatoms. The van der Waals surface area contributed by atoms with E-state index in [0.717, 1.165) is 11.3 Å². The molecule has 1 aliphatic rings. The number of thiophene rings is 1. The maximum absolute atomic E-state index is 12.7. The molecule has 138 valence electrons. The molecule has 3 rings (SSSR count). The zero-order chi connectivity index (χ0) is 18.2. The fraction of sp³-hybridized carbons (Fsp3) is 0.462. The SMILES string of the molecule is Cn1cc(S(=O)(=O)N2CCCN(S(=O)(=O)c3ccc(Cl)s3)CC2)cn1. The summed E-state index contributed by atoms with van der Waals surface area (Å²) in [6, 6.07) is 3.01. The van der Waals surface area contributed by atoms with Crippen LogP contribution in [0.15, 0.2) is 33.6 Å². The van der Waals surface area contributed by atoms with Crippen molar-refractivity contribution in [1.82, 2.24) is 18.4 Å². The van der Waals surface area contributed by atoms with Crippen LogP contribution < -0.4 is 0 Å². The fourth-order valence-electron chi connectivity index (χ4n) is 2.60. The van der Waals surface area contributed by atoms with Gasteiger partial charge in [-0.25, -0.2) is 16.8 Å². The molecule has 2 aromatic heterocycles. The molecule has 0 amide bonds. The molecule has 0 unspecified atom stereocenters. The zero-order valence-electron chi connectivity index (χ0n) is 13.4. The molecule has 1 saturated heterocycles. The monoisotopic (exact) mass is 424 g/mol. The molecule has 0 atom stereocenters. The van der Waals surface area contributed by atoms with Crippen LogP contribution in [0.25, 0.3) is 0 Å². The molecular formula is C13H17ClN4O4S3. The molecule has 0 radical (unpaired) electrons. The molecule has 0 aliphatic carbocycles. The Labute approximate surface area is 155 Å². The van der Waals surface area contributed by atoms with Crippen molar-refractivity contribution in [3.63, 3.8) is 0 Å². The van der Waals surface area contributed by atoms with E-state index in [1.54, 1.807) is 7.05 Å². The quantitative estimate of drug-likeness (QED) is 0.735. The number of rotatable bonds is 4. The number of halogens is 1. The van der Waals surface area contributed by atoms with Crippen LogP contribution >= 0.6 is 22.9 Å². The van der Waals surface area contributed by atoms with Crippen molar-refractivity contribution >= 4 is 43.0 Å². The van der Waals surface area contributed by atoms with Crippen molar-refractivity contribution < 1.29 is 16.8 Å². The third-order valence-electron chi connectivity index (χ3n) is 3.88. The van der Waals surface area contributed by atoms with Gasteiger partial charge in [-0.2, -0.15) is 13.7 Å². The number of hydrogen-bond donors (Lipinski definition) is 0. The molecule has 25 heavy (non-hydrogen) atoms. The summed E-state index contributed by atoms with van der Waals surface area (Å²) in [5.41, 5.74) is 0. The van der Waals surface area contributed by atoms with Crippen molar-refractivity contribution in [2.45, 2.75) is 15.5 Å². The topological polar surface area (TPSA) is 92.6 Å². The molecule has 0 aromatic carbocycles. The van der Waals surface area contributed by atoms with E-state index in [0.29, 0.717) is 10.8 Å². The van der Waals surface area contributed by atoms with Gasteiger partial charge in [0, 0.05) is 39.4 Å². The van der Waals surface area contributed by atoms with Gasteiger partial charge >= 0.3 is 0 Å². The van der Waals surface area contributed by atoms with Gasteiger partial charge in [-0.1, -0.05) is 11.6 Å². The van der Waals surface area contributed by atoms with Crippen LogP contribution in [0, 0.1) is 0 Å². The van der Waals surface area contributed by atoms with Crippen molar-refractivity contribution in [1.29, 1.82) is 0 Å². The number of nitrogens with zero attached hydrogens (tertiary/aromatic N) is 4. The van der Waals surface area contributed by atoms with Crippen LogP contribution in [0.4, 0.5) is 0 Å².